The number of hydrogen-bond donors (Lipinski definition) is 1. The van der Waals surface area contributed by atoms with Gasteiger partial charge in [-0.1, -0.05) is 24.3 Å². The Balaban J connectivity index is 1.42. The first-order valence-corrected chi connectivity index (χ1v) is 11.4. The predicted molar refractivity (Wildman–Crippen MR) is 110 cm³/mol. The Morgan fingerprint density at radius 3 is 2.81 bits per heavy atom. The highest BCUT2D eigenvalue weighted by atomic mass is 32.2. The third-order valence-corrected chi connectivity index (χ3v) is 7.62. The quantitative estimate of drug-likeness (QED) is 0.714. The SMILES string of the molecule is O=C(NCCc1csc2ccccc12)c1cccc(N2CCCS2(=O)=O)c1. The Hall–Kier alpha value is -2.38. The molecular formula is C20H20N2O3S2. The standard InChI is InChI=1S/C20H20N2O3S2/c23-20(21-10-9-16-14-26-19-8-2-1-7-18(16)19)15-5-3-6-17(13-15)22-11-4-12-27(22,24)25/h1-3,5-8,13-14H,4,9-12H2,(H,21,23). The van der Waals surface area contributed by atoms with Crippen LogP contribution in [0, 0.1) is 0 Å². The van der Waals surface area contributed by atoms with Gasteiger partial charge in [0.1, 0.15) is 0 Å². The van der Waals surface area contributed by atoms with Gasteiger partial charge in [-0.05, 0) is 53.4 Å². The molecule has 0 saturated carbocycles. The van der Waals surface area contributed by atoms with Crippen molar-refractivity contribution in [2.45, 2.75) is 12.8 Å². The van der Waals surface area contributed by atoms with Crippen molar-refractivity contribution < 1.29 is 13.2 Å². The average molecular weight is 401 g/mol. The van der Waals surface area contributed by atoms with Crippen LogP contribution in [0.15, 0.2) is 53.9 Å². The van der Waals surface area contributed by atoms with E-state index in [1.54, 1.807) is 35.6 Å². The monoisotopic (exact) mass is 400 g/mol. The van der Waals surface area contributed by atoms with Crippen molar-refractivity contribution >= 4 is 43.0 Å². The predicted octanol–water partition coefficient (Wildman–Crippen LogP) is 3.41. The molecule has 1 aliphatic heterocycles. The van der Waals surface area contributed by atoms with E-state index in [4.69, 9.17) is 0 Å². The third-order valence-electron chi connectivity index (χ3n) is 4.74. The van der Waals surface area contributed by atoms with E-state index >= 15 is 0 Å². The van der Waals surface area contributed by atoms with Crippen LogP contribution in [0.2, 0.25) is 0 Å². The number of carbonyl (C=O) groups excluding carboxylic acids is 1. The summed E-state index contributed by atoms with van der Waals surface area (Å²) in [6.45, 7) is 1.00. The van der Waals surface area contributed by atoms with Crippen molar-refractivity contribution in [2.24, 2.45) is 0 Å². The van der Waals surface area contributed by atoms with Gasteiger partial charge in [-0.25, -0.2) is 8.42 Å². The van der Waals surface area contributed by atoms with Gasteiger partial charge < -0.3 is 5.32 Å². The number of rotatable bonds is 5. The minimum absolute atomic E-state index is 0.165. The number of hydrogen-bond acceptors (Lipinski definition) is 4. The first kappa shape index (κ1) is 18.0. The highest BCUT2D eigenvalue weighted by molar-refractivity contribution is 7.93. The molecule has 7 heteroatoms. The maximum absolute atomic E-state index is 12.5. The zero-order valence-corrected chi connectivity index (χ0v) is 16.4. The number of nitrogens with zero attached hydrogens (tertiary/aromatic N) is 1. The molecular weight excluding hydrogens is 380 g/mol. The lowest BCUT2D eigenvalue weighted by Crippen LogP contribution is -2.27. The number of fused-ring (bicyclic) bond motifs is 1. The summed E-state index contributed by atoms with van der Waals surface area (Å²) in [5.41, 5.74) is 2.27. The molecule has 3 aromatic rings. The molecule has 2 heterocycles. The molecule has 140 valence electrons. The molecule has 1 saturated heterocycles. The van der Waals surface area contributed by atoms with E-state index in [-0.39, 0.29) is 11.7 Å². The largest absolute Gasteiger partial charge is 0.352 e. The van der Waals surface area contributed by atoms with Crippen LogP contribution in [-0.4, -0.2) is 33.2 Å². The zero-order chi connectivity index (χ0) is 18.9. The van der Waals surface area contributed by atoms with Crippen molar-refractivity contribution in [3.63, 3.8) is 0 Å². The molecule has 0 aliphatic carbocycles. The minimum atomic E-state index is -3.25. The molecule has 1 amide bonds. The maximum Gasteiger partial charge on any atom is 0.251 e. The van der Waals surface area contributed by atoms with Crippen molar-refractivity contribution in [1.82, 2.24) is 5.32 Å². The Kier molecular flexibility index (Phi) is 4.88. The lowest BCUT2D eigenvalue weighted by molar-refractivity contribution is 0.0954. The van der Waals surface area contributed by atoms with Crippen LogP contribution in [-0.2, 0) is 16.4 Å². The van der Waals surface area contributed by atoms with Gasteiger partial charge in [-0.2, -0.15) is 0 Å². The highest BCUT2D eigenvalue weighted by Crippen LogP contribution is 2.26. The number of amides is 1. The molecule has 0 spiro atoms. The smallest absolute Gasteiger partial charge is 0.251 e. The van der Waals surface area contributed by atoms with Gasteiger partial charge in [0.05, 0.1) is 11.4 Å². The van der Waals surface area contributed by atoms with Crippen molar-refractivity contribution in [3.05, 3.63) is 65.0 Å². The number of anilines is 1. The van der Waals surface area contributed by atoms with Crippen LogP contribution in [0.3, 0.4) is 0 Å². The topological polar surface area (TPSA) is 66.5 Å². The Labute approximate surface area is 162 Å². The second-order valence-electron chi connectivity index (χ2n) is 6.56. The van der Waals surface area contributed by atoms with Gasteiger partial charge >= 0.3 is 0 Å². The van der Waals surface area contributed by atoms with E-state index in [1.807, 2.05) is 12.1 Å². The molecule has 5 nitrogen and oxygen atoms in total. The van der Waals surface area contributed by atoms with Crippen molar-refractivity contribution in [3.8, 4) is 0 Å². The van der Waals surface area contributed by atoms with Crippen LogP contribution >= 0.6 is 11.3 Å². The fourth-order valence-electron chi connectivity index (χ4n) is 3.37. The van der Waals surface area contributed by atoms with Gasteiger partial charge in [0, 0.05) is 23.4 Å². The summed E-state index contributed by atoms with van der Waals surface area (Å²) in [6.07, 6.45) is 1.38. The molecule has 1 aromatic heterocycles. The number of thiophene rings is 1. The van der Waals surface area contributed by atoms with Gasteiger partial charge in [-0.3, -0.25) is 9.10 Å². The lowest BCUT2D eigenvalue weighted by atomic mass is 10.1. The Morgan fingerprint density at radius 1 is 1.15 bits per heavy atom. The first-order chi connectivity index (χ1) is 13.0. The van der Waals surface area contributed by atoms with Gasteiger partial charge in [-0.15, -0.1) is 11.3 Å². The molecule has 0 atom stereocenters. The molecule has 4 rings (SSSR count). The molecule has 2 aromatic carbocycles. The summed E-state index contributed by atoms with van der Waals surface area (Å²) >= 11 is 1.71. The number of sulfonamides is 1. The van der Waals surface area contributed by atoms with Gasteiger partial charge in [0.25, 0.3) is 5.91 Å². The van der Waals surface area contributed by atoms with Crippen LogP contribution in [0.1, 0.15) is 22.3 Å². The lowest BCUT2D eigenvalue weighted by Gasteiger charge is -2.17. The summed E-state index contributed by atoms with van der Waals surface area (Å²) < 4.78 is 26.8. The number of benzene rings is 2. The maximum atomic E-state index is 12.5. The molecule has 0 radical (unpaired) electrons. The summed E-state index contributed by atoms with van der Waals surface area (Å²) in [5, 5.41) is 6.31. The highest BCUT2D eigenvalue weighted by Gasteiger charge is 2.28. The van der Waals surface area contributed by atoms with E-state index < -0.39 is 10.0 Å². The molecule has 27 heavy (non-hydrogen) atoms. The second kappa shape index (κ2) is 7.32. The summed E-state index contributed by atoms with van der Waals surface area (Å²) in [7, 11) is -3.25. The Morgan fingerprint density at radius 2 is 2.00 bits per heavy atom. The Bertz CT molecular complexity index is 1090. The van der Waals surface area contributed by atoms with Crippen LogP contribution in [0.4, 0.5) is 5.69 Å². The van der Waals surface area contributed by atoms with E-state index in [0.717, 1.165) is 6.42 Å². The van der Waals surface area contributed by atoms with Crippen LogP contribution in [0.5, 0.6) is 0 Å². The summed E-state index contributed by atoms with van der Waals surface area (Å²) in [6, 6.07) is 15.1. The van der Waals surface area contributed by atoms with Crippen LogP contribution in [0.25, 0.3) is 10.1 Å². The molecule has 1 aliphatic rings. The van der Waals surface area contributed by atoms with Gasteiger partial charge in [0.15, 0.2) is 0 Å². The van der Waals surface area contributed by atoms with Crippen molar-refractivity contribution in [2.75, 3.05) is 23.1 Å². The second-order valence-corrected chi connectivity index (χ2v) is 9.48. The first-order valence-electron chi connectivity index (χ1n) is 8.88. The minimum Gasteiger partial charge on any atom is -0.352 e. The van der Waals surface area contributed by atoms with Crippen molar-refractivity contribution in [1.29, 1.82) is 0 Å². The molecule has 0 unspecified atom stereocenters. The summed E-state index contributed by atoms with van der Waals surface area (Å²) in [4.78, 5) is 12.5. The van der Waals surface area contributed by atoms with Crippen LogP contribution < -0.4 is 9.62 Å². The third kappa shape index (κ3) is 3.70. The molecule has 0 bridgehead atoms. The number of nitrogens with one attached hydrogen (secondary N) is 1. The fraction of sp³-hybridized carbons (Fsp3) is 0.250. The van der Waals surface area contributed by atoms with E-state index in [9.17, 15) is 13.2 Å². The number of carbonyl (C=O) groups is 1. The van der Waals surface area contributed by atoms with E-state index in [0.29, 0.717) is 30.8 Å². The summed E-state index contributed by atoms with van der Waals surface area (Å²) in [5.74, 6) is -0.0224. The zero-order valence-electron chi connectivity index (χ0n) is 14.7. The average Bonchev–Trinajstić information content (AvgIpc) is 3.24. The van der Waals surface area contributed by atoms with E-state index in [1.165, 1.54) is 20.0 Å². The normalized spacial score (nSPS) is 15.9. The van der Waals surface area contributed by atoms with Gasteiger partial charge in [0.2, 0.25) is 10.0 Å². The molecule has 1 N–H and O–H groups in total. The molecule has 1 fully saturated rings. The fourth-order valence-corrected chi connectivity index (χ4v) is 5.92. The van der Waals surface area contributed by atoms with E-state index in [2.05, 4.69) is 22.8 Å².